The Morgan fingerprint density at radius 3 is 1.02 bits per heavy atom. The Hall–Kier alpha value is -1.92. The van der Waals surface area contributed by atoms with Crippen LogP contribution in [-0.2, 0) is 9.59 Å². The summed E-state index contributed by atoms with van der Waals surface area (Å²) in [5, 5.41) is 0. The molecule has 0 N–H and O–H groups in total. The largest absolute Gasteiger partial charge is 0.439 e. The van der Waals surface area contributed by atoms with E-state index in [1.807, 2.05) is 0 Å². The van der Waals surface area contributed by atoms with Gasteiger partial charge in [-0.05, 0) is 12.8 Å². The van der Waals surface area contributed by atoms with Gasteiger partial charge in [0.05, 0.1) is 6.67 Å². The van der Waals surface area contributed by atoms with Crippen LogP contribution in [-0.4, -0.2) is 65.9 Å². The van der Waals surface area contributed by atoms with Crippen molar-refractivity contribution < 1.29 is 88.6 Å². The third kappa shape index (κ3) is 7.67. The van der Waals surface area contributed by atoms with Gasteiger partial charge in [0.1, 0.15) is 0 Å². The van der Waals surface area contributed by atoms with E-state index < -0.39 is 78.5 Å². The lowest BCUT2D eigenvalue weighted by molar-refractivity contribution is -0.337. The Labute approximate surface area is 214 Å². The van der Waals surface area contributed by atoms with Gasteiger partial charge in [0.2, 0.25) is 0 Å². The van der Waals surface area contributed by atoms with Crippen molar-refractivity contribution in [2.75, 3.05) is 6.67 Å². The van der Waals surface area contributed by atoms with E-state index in [1.165, 1.54) is 6.92 Å². The summed E-state index contributed by atoms with van der Waals surface area (Å²) < 4.78 is 235. The van der Waals surface area contributed by atoms with E-state index in [1.54, 1.807) is 0 Å². The molecule has 0 radical (unpaired) electrons. The van der Waals surface area contributed by atoms with Gasteiger partial charge in [-0.3, -0.25) is 14.0 Å². The van der Waals surface area contributed by atoms with Gasteiger partial charge in [-0.2, -0.15) is 57.1 Å². The Morgan fingerprint density at radius 1 is 0.475 bits per heavy atom. The van der Waals surface area contributed by atoms with E-state index >= 15 is 0 Å². The third-order valence-corrected chi connectivity index (χ3v) is 5.10. The van der Waals surface area contributed by atoms with Gasteiger partial charge >= 0.3 is 41.7 Å². The van der Waals surface area contributed by atoms with Crippen molar-refractivity contribution in [3.05, 3.63) is 0 Å². The van der Waals surface area contributed by atoms with E-state index in [2.05, 4.69) is 6.92 Å². The summed E-state index contributed by atoms with van der Waals surface area (Å²) >= 11 is 0. The smallest absolute Gasteiger partial charge is 0.288 e. The number of carbonyl (C=O) groups excluding carboxylic acids is 2. The maximum atomic E-state index is 14.3. The van der Waals surface area contributed by atoms with Crippen molar-refractivity contribution in [2.24, 2.45) is 0 Å². The van der Waals surface area contributed by atoms with Gasteiger partial charge in [-0.25, -0.2) is 17.6 Å². The number of rotatable bonds is 13. The summed E-state index contributed by atoms with van der Waals surface area (Å²) in [6.45, 7) is 3.14. The maximum absolute atomic E-state index is 14.3. The lowest BCUT2D eigenvalue weighted by atomic mass is 9.81. The number of Topliss-reactive ketones (excluding diaryl/α,β-unsaturated/α-hetero) is 2. The zero-order valence-electron chi connectivity index (χ0n) is 20.3. The van der Waals surface area contributed by atoms with Crippen LogP contribution in [0.1, 0.15) is 58.8 Å². The van der Waals surface area contributed by atoms with Crippen molar-refractivity contribution in [1.82, 2.24) is 0 Å². The second-order valence-corrected chi connectivity index (χ2v) is 8.17. The minimum Gasteiger partial charge on any atom is -0.288 e. The number of unbranched alkanes of at least 4 members (excludes halogenated alkanes) is 4. The zero-order chi connectivity index (χ0) is 32.8. The van der Waals surface area contributed by atoms with Gasteiger partial charge in [-0.1, -0.05) is 39.5 Å². The van der Waals surface area contributed by atoms with E-state index in [0.717, 1.165) is 19.3 Å². The van der Waals surface area contributed by atoms with Crippen molar-refractivity contribution in [1.29, 1.82) is 0 Å². The van der Waals surface area contributed by atoms with Crippen LogP contribution in [0.3, 0.4) is 0 Å². The lowest BCUT2D eigenvalue weighted by Gasteiger charge is -2.38. The fraction of sp³-hybridized carbons (Fsp3) is 0.900. The average molecular weight is 636 g/mol. The molecule has 0 fully saturated rings. The second kappa shape index (κ2) is 13.4. The molecule has 0 aliphatic carbocycles. The lowest BCUT2D eigenvalue weighted by Crippen LogP contribution is -2.72. The van der Waals surface area contributed by atoms with Crippen LogP contribution >= 0.6 is 0 Å². The fourth-order valence-electron chi connectivity index (χ4n) is 2.75. The molecule has 0 saturated heterocycles. The van der Waals surface area contributed by atoms with Crippen LogP contribution in [0, 0.1) is 0 Å². The molecular weight excluding hydrogens is 614 g/mol. The van der Waals surface area contributed by atoms with Gasteiger partial charge in [0.15, 0.2) is 0 Å². The first kappa shape index (κ1) is 40.2. The van der Waals surface area contributed by atoms with Crippen LogP contribution in [0.15, 0.2) is 0 Å². The first-order valence-electron chi connectivity index (χ1n) is 10.9. The predicted octanol–water partition coefficient (Wildman–Crippen LogP) is 8.86. The molecule has 2 nitrogen and oxygen atoms in total. The number of halogens is 18. The molecule has 0 bridgehead atoms. The molecule has 0 heterocycles. The van der Waals surface area contributed by atoms with Gasteiger partial charge < -0.3 is 0 Å². The Balaban J connectivity index is 0. The molecule has 0 aromatic carbocycles. The van der Waals surface area contributed by atoms with E-state index in [4.69, 9.17) is 0 Å². The molecule has 20 heteroatoms. The number of carbonyl (C=O) groups is 2. The SMILES string of the molecule is CCCCCC(F)(F)C(F)(C(=O)C(F)(F)C(F)(F)C(=O)C(F)(C(F)(F)F)C(F)(F)F)C(F)(F)F.CCCCCF. The van der Waals surface area contributed by atoms with E-state index in [-0.39, 0.29) is 13.1 Å². The van der Waals surface area contributed by atoms with E-state index in [0.29, 0.717) is 0 Å². The molecule has 0 aliphatic rings. The summed E-state index contributed by atoms with van der Waals surface area (Å²) in [4.78, 5) is 22.3. The highest BCUT2D eigenvalue weighted by molar-refractivity contribution is 6.05. The van der Waals surface area contributed by atoms with Crippen LogP contribution in [0.4, 0.5) is 79.0 Å². The average Bonchev–Trinajstić information content (AvgIpc) is 2.78. The third-order valence-electron chi connectivity index (χ3n) is 5.10. The highest BCUT2D eigenvalue weighted by atomic mass is 19.4. The van der Waals surface area contributed by atoms with Crippen LogP contribution in [0.25, 0.3) is 0 Å². The molecule has 0 spiro atoms. The van der Waals surface area contributed by atoms with Crippen molar-refractivity contribution in [2.45, 2.75) is 106 Å². The molecule has 0 aliphatic heterocycles. The Bertz CT molecular complexity index is 809. The first-order chi connectivity index (χ1) is 17.5. The zero-order valence-corrected chi connectivity index (χ0v) is 20.3. The van der Waals surface area contributed by atoms with Crippen LogP contribution in [0.2, 0.25) is 0 Å². The molecular formula is C20H22F18O2. The summed E-state index contributed by atoms with van der Waals surface area (Å²) in [6.07, 6.45) is -24.4. The molecule has 0 rings (SSSR count). The monoisotopic (exact) mass is 636 g/mol. The van der Waals surface area contributed by atoms with Crippen molar-refractivity contribution in [3.63, 3.8) is 0 Å². The minimum atomic E-state index is -8.05. The van der Waals surface area contributed by atoms with Crippen molar-refractivity contribution in [3.8, 4) is 0 Å². The van der Waals surface area contributed by atoms with Crippen LogP contribution in [0.5, 0.6) is 0 Å². The topological polar surface area (TPSA) is 34.1 Å². The number of alkyl halides is 18. The molecule has 240 valence electrons. The molecule has 1 unspecified atom stereocenters. The summed E-state index contributed by atoms with van der Waals surface area (Å²) in [5.74, 6) is -33.3. The second-order valence-electron chi connectivity index (χ2n) is 8.17. The highest BCUT2D eigenvalue weighted by Gasteiger charge is 2.88. The molecule has 1 atom stereocenters. The Morgan fingerprint density at radius 2 is 0.775 bits per heavy atom. The van der Waals surface area contributed by atoms with Crippen LogP contribution < -0.4 is 0 Å². The molecule has 0 aromatic rings. The van der Waals surface area contributed by atoms with Gasteiger partial charge in [0.25, 0.3) is 17.5 Å². The van der Waals surface area contributed by atoms with E-state index in [9.17, 15) is 88.6 Å². The quantitative estimate of drug-likeness (QED) is 0.150. The molecule has 0 aromatic heterocycles. The Kier molecular flexibility index (Phi) is 13.4. The molecule has 0 saturated carbocycles. The summed E-state index contributed by atoms with van der Waals surface area (Å²) in [5.41, 5.74) is -15.3. The highest BCUT2D eigenvalue weighted by Crippen LogP contribution is 2.56. The number of ketones is 2. The standard InChI is InChI=1S/C15H11F17O2.C5H11F/c1-2-3-4-5-8(16,17)9(18,13(24,25)26)6(33)11(20,21)12(22,23)7(34)10(19,14(27,28)29)15(30,31)32;1-2-3-4-5-6/h2-5H2,1H3;2-5H2,1H3. The normalized spacial score (nSPS) is 15.7. The molecule has 0 amide bonds. The number of hydrogen-bond acceptors (Lipinski definition) is 2. The minimum absolute atomic E-state index is 0.0917. The summed E-state index contributed by atoms with van der Waals surface area (Å²) in [7, 11) is 0. The fourth-order valence-corrected chi connectivity index (χ4v) is 2.75. The van der Waals surface area contributed by atoms with Gasteiger partial charge in [-0.15, -0.1) is 0 Å². The van der Waals surface area contributed by atoms with Crippen molar-refractivity contribution >= 4 is 11.6 Å². The van der Waals surface area contributed by atoms with Gasteiger partial charge in [0, 0.05) is 6.42 Å². The number of hydrogen-bond donors (Lipinski definition) is 0. The first-order valence-corrected chi connectivity index (χ1v) is 10.9. The maximum Gasteiger partial charge on any atom is 0.439 e. The predicted molar refractivity (Wildman–Crippen MR) is 100 cm³/mol. The summed E-state index contributed by atoms with van der Waals surface area (Å²) in [6, 6.07) is 0. The molecule has 40 heavy (non-hydrogen) atoms.